The second kappa shape index (κ2) is 12.0. The monoisotopic (exact) mass is 749 g/mol. The lowest BCUT2D eigenvalue weighted by Gasteiger charge is -2.44. The Morgan fingerprint density at radius 3 is 1.20 bits per heavy atom. The number of fused-ring (bicyclic) bond motifs is 7. The van der Waals surface area contributed by atoms with Gasteiger partial charge in [-0.15, -0.1) is 0 Å². The highest BCUT2D eigenvalue weighted by Crippen LogP contribution is 2.48. The van der Waals surface area contributed by atoms with Crippen molar-refractivity contribution in [3.63, 3.8) is 0 Å². The van der Waals surface area contributed by atoms with E-state index in [1.54, 1.807) is 12.1 Å². The molecule has 0 N–H and O–H groups in total. The quantitative estimate of drug-likeness (QED) is 0.132. The Morgan fingerprint density at radius 1 is 0.411 bits per heavy atom. The predicted octanol–water partition coefficient (Wildman–Crippen LogP) is 10.9. The highest BCUT2D eigenvalue weighted by Gasteiger charge is 2.45. The maximum atomic E-state index is 16.2. The highest BCUT2D eigenvalue weighted by atomic mass is 19.2. The molecule has 3 nitrogen and oxygen atoms in total. The van der Waals surface area contributed by atoms with Crippen LogP contribution >= 0.6 is 0 Å². The van der Waals surface area contributed by atoms with Crippen molar-refractivity contribution in [2.75, 3.05) is 9.80 Å². The number of hydrogen-bond donors (Lipinski definition) is 0. The predicted molar refractivity (Wildman–Crippen MR) is 213 cm³/mol. The van der Waals surface area contributed by atoms with Crippen molar-refractivity contribution < 1.29 is 26.3 Å². The van der Waals surface area contributed by atoms with E-state index >= 15 is 17.6 Å². The van der Waals surface area contributed by atoms with Gasteiger partial charge in [-0.3, -0.25) is 0 Å². The zero-order valence-electron chi connectivity index (χ0n) is 30.6. The Bertz CT molecular complexity index is 2790. The van der Waals surface area contributed by atoms with Crippen LogP contribution in [0.15, 0.2) is 109 Å². The van der Waals surface area contributed by atoms with Crippen LogP contribution in [-0.2, 0) is 0 Å². The third kappa shape index (κ3) is 4.87. The summed E-state index contributed by atoms with van der Waals surface area (Å²) in [6, 6.07) is 29.5. The third-order valence-corrected chi connectivity index (χ3v) is 11.1. The number of aromatic nitrogens is 1. The first kappa shape index (κ1) is 34.1. The molecule has 7 aromatic carbocycles. The van der Waals surface area contributed by atoms with Crippen molar-refractivity contribution in [1.82, 2.24) is 4.57 Å². The largest absolute Gasteiger partial charge is 0.309 e. The van der Waals surface area contributed by atoms with E-state index in [4.69, 9.17) is 0 Å². The van der Waals surface area contributed by atoms with Crippen molar-refractivity contribution >= 4 is 79.0 Å². The molecule has 0 saturated heterocycles. The molecule has 3 heterocycles. The average Bonchev–Trinajstić information content (AvgIpc) is 3.44. The lowest BCUT2D eigenvalue weighted by atomic mass is 9.33. The Kier molecular flexibility index (Phi) is 7.33. The van der Waals surface area contributed by atoms with E-state index in [-0.39, 0.29) is 0 Å². The number of aryl methyl sites for hydroxylation is 4. The third-order valence-electron chi connectivity index (χ3n) is 11.1. The molecule has 56 heavy (non-hydrogen) atoms. The van der Waals surface area contributed by atoms with Gasteiger partial charge in [0, 0.05) is 57.8 Å². The molecular formula is C46H30BF6N3. The second-order valence-electron chi connectivity index (χ2n) is 14.9. The molecule has 10 heteroatoms. The summed E-state index contributed by atoms with van der Waals surface area (Å²) in [4.78, 5) is 2.88. The van der Waals surface area contributed by atoms with E-state index < -0.39 is 53.0 Å². The molecule has 0 amide bonds. The van der Waals surface area contributed by atoms with E-state index in [2.05, 4.69) is 12.1 Å². The van der Waals surface area contributed by atoms with Gasteiger partial charge < -0.3 is 14.4 Å². The molecule has 8 aromatic rings. The topological polar surface area (TPSA) is 11.4 Å². The second-order valence-corrected chi connectivity index (χ2v) is 14.9. The zero-order valence-corrected chi connectivity index (χ0v) is 30.6. The van der Waals surface area contributed by atoms with Crippen LogP contribution in [-0.4, -0.2) is 11.3 Å². The molecule has 2 aliphatic rings. The van der Waals surface area contributed by atoms with Gasteiger partial charge in [0.15, 0.2) is 23.3 Å². The normalized spacial score (nSPS) is 13.1. The molecule has 0 unspecified atom stereocenters. The lowest BCUT2D eigenvalue weighted by molar-refractivity contribution is 0.545. The summed E-state index contributed by atoms with van der Waals surface area (Å²) in [5, 5.41) is 1.93. The fourth-order valence-electron chi connectivity index (χ4n) is 8.87. The van der Waals surface area contributed by atoms with Crippen LogP contribution in [0.25, 0.3) is 27.5 Å². The van der Waals surface area contributed by atoms with Crippen molar-refractivity contribution in [2.45, 2.75) is 27.7 Å². The number of rotatable bonds is 3. The number of halogens is 6. The standard InChI is InChI=1S/C46H30BF6N3/c1-23-5-9-38-30(13-23)31-14-24(2)6-10-39(31)54(38)29-21-42-44-43(22-29)56(46-36(52)19-28(49)20-37(46)53)41-12-8-26(4)16-33(41)47(44)32-15-25(3)7-11-40(32)55(42)45-34(50)17-27(48)18-35(45)51/h5-22H,1-4H3. The first-order valence-corrected chi connectivity index (χ1v) is 18.2. The van der Waals surface area contributed by atoms with E-state index in [0.29, 0.717) is 69.1 Å². The Balaban J connectivity index is 1.41. The maximum absolute atomic E-state index is 16.2. The highest BCUT2D eigenvalue weighted by molar-refractivity contribution is 7.00. The van der Waals surface area contributed by atoms with Crippen LogP contribution in [0, 0.1) is 62.6 Å². The van der Waals surface area contributed by atoms with Crippen molar-refractivity contribution in [1.29, 1.82) is 0 Å². The molecule has 0 aliphatic carbocycles. The maximum Gasteiger partial charge on any atom is 0.252 e. The van der Waals surface area contributed by atoms with Gasteiger partial charge in [-0.05, 0) is 92.6 Å². The Labute approximate surface area is 318 Å². The summed E-state index contributed by atoms with van der Waals surface area (Å²) in [6.07, 6.45) is 0. The van der Waals surface area contributed by atoms with E-state index in [1.165, 1.54) is 9.80 Å². The molecule has 2 aliphatic heterocycles. The van der Waals surface area contributed by atoms with Gasteiger partial charge in [-0.1, -0.05) is 58.7 Å². The van der Waals surface area contributed by atoms with E-state index in [9.17, 15) is 8.78 Å². The molecule has 0 radical (unpaired) electrons. The molecular weight excluding hydrogens is 719 g/mol. The lowest BCUT2D eigenvalue weighted by Crippen LogP contribution is -2.61. The van der Waals surface area contributed by atoms with Gasteiger partial charge in [0.2, 0.25) is 0 Å². The first-order chi connectivity index (χ1) is 26.9. The summed E-state index contributed by atoms with van der Waals surface area (Å²) < 4.78 is 96.0. The van der Waals surface area contributed by atoms with Gasteiger partial charge >= 0.3 is 0 Å². The number of anilines is 6. The fraction of sp³-hybridized carbons (Fsp3) is 0.0870. The molecule has 1 aromatic heterocycles. The van der Waals surface area contributed by atoms with Crippen LogP contribution in [0.3, 0.4) is 0 Å². The minimum absolute atomic E-state index is 0.317. The summed E-state index contributed by atoms with van der Waals surface area (Å²) in [5.41, 5.74) is 8.40. The smallest absolute Gasteiger partial charge is 0.252 e. The fourth-order valence-corrected chi connectivity index (χ4v) is 8.87. The van der Waals surface area contributed by atoms with E-state index in [0.717, 1.165) is 44.1 Å². The number of hydrogen-bond acceptors (Lipinski definition) is 2. The Morgan fingerprint density at radius 2 is 0.786 bits per heavy atom. The van der Waals surface area contributed by atoms with Crippen LogP contribution in [0.2, 0.25) is 0 Å². The molecule has 0 bridgehead atoms. The van der Waals surface area contributed by atoms with Crippen LogP contribution < -0.4 is 26.2 Å². The minimum Gasteiger partial charge on any atom is -0.309 e. The molecule has 0 saturated carbocycles. The van der Waals surface area contributed by atoms with Gasteiger partial charge in [0.05, 0.1) is 16.7 Å². The van der Waals surface area contributed by atoms with Crippen LogP contribution in [0.5, 0.6) is 0 Å². The minimum atomic E-state index is -1.13. The summed E-state index contributed by atoms with van der Waals surface area (Å²) in [5.74, 6) is -6.68. The van der Waals surface area contributed by atoms with Crippen molar-refractivity contribution in [2.24, 2.45) is 0 Å². The van der Waals surface area contributed by atoms with Crippen LogP contribution in [0.4, 0.5) is 60.5 Å². The van der Waals surface area contributed by atoms with Crippen molar-refractivity contribution in [3.8, 4) is 5.69 Å². The first-order valence-electron chi connectivity index (χ1n) is 18.2. The summed E-state index contributed by atoms with van der Waals surface area (Å²) in [6.45, 7) is 7.25. The average molecular weight is 750 g/mol. The SMILES string of the molecule is Cc1ccc2c(c1)B1c3cc(C)ccc3N(c3c(F)cc(F)cc3F)c3cc(-n4c5ccc(C)cc5c5cc(C)ccc54)cc(c31)N2c1c(F)cc(F)cc1F. The van der Waals surface area contributed by atoms with Crippen LogP contribution in [0.1, 0.15) is 22.3 Å². The summed E-state index contributed by atoms with van der Waals surface area (Å²) >= 11 is 0. The van der Waals surface area contributed by atoms with Gasteiger partial charge in [0.25, 0.3) is 6.71 Å². The van der Waals surface area contributed by atoms with E-state index in [1.807, 2.05) is 92.9 Å². The zero-order chi connectivity index (χ0) is 38.9. The van der Waals surface area contributed by atoms with Gasteiger partial charge in [-0.2, -0.15) is 0 Å². The molecule has 0 fully saturated rings. The van der Waals surface area contributed by atoms with Gasteiger partial charge in [0.1, 0.15) is 23.0 Å². The van der Waals surface area contributed by atoms with Crippen molar-refractivity contribution in [3.05, 3.63) is 166 Å². The Hall–Kier alpha value is -6.42. The molecule has 0 spiro atoms. The molecule has 0 atom stereocenters. The summed E-state index contributed by atoms with van der Waals surface area (Å²) in [7, 11) is 0. The molecule has 10 rings (SSSR count). The number of benzene rings is 7. The molecule has 274 valence electrons. The van der Waals surface area contributed by atoms with Gasteiger partial charge in [-0.25, -0.2) is 26.3 Å². The number of nitrogens with zero attached hydrogens (tertiary/aromatic N) is 3.